The molecule has 1 rings (SSSR count). The summed E-state index contributed by atoms with van der Waals surface area (Å²) in [6, 6.07) is 0. The van der Waals surface area contributed by atoms with Crippen molar-refractivity contribution in [2.24, 2.45) is 11.8 Å². The monoisotopic (exact) mass is 287 g/mol. The summed E-state index contributed by atoms with van der Waals surface area (Å²) in [5.74, 6) is 0.777. The number of aliphatic carboxylic acids is 1. The Morgan fingerprint density at radius 1 is 1.42 bits per heavy atom. The van der Waals surface area contributed by atoms with Gasteiger partial charge in [-0.05, 0) is 43.8 Å². The number of hydrogen-bond donors (Lipinski definition) is 2. The third kappa shape index (κ3) is 5.43. The standard InChI is InChI=1S/C14H25NO3S/c1-10(2)7-11(8-12(16)17)9-15-13(18)14(3)5-4-6-19-14/h10-11H,4-9H2,1-3H3,(H,15,18)(H,16,17)/t11-,14?/m0/s1. The largest absolute Gasteiger partial charge is 0.481 e. The molecular weight excluding hydrogens is 262 g/mol. The van der Waals surface area contributed by atoms with Crippen LogP contribution in [0.5, 0.6) is 0 Å². The first kappa shape index (κ1) is 16.3. The van der Waals surface area contributed by atoms with Crippen LogP contribution in [-0.4, -0.2) is 34.0 Å². The number of amides is 1. The molecule has 1 aliphatic rings. The SMILES string of the molecule is CC(C)C[C@H](CNC(=O)C1(C)CCCS1)CC(=O)O. The van der Waals surface area contributed by atoms with Crippen molar-refractivity contribution in [3.8, 4) is 0 Å². The number of nitrogens with one attached hydrogen (secondary N) is 1. The zero-order chi connectivity index (χ0) is 14.5. The van der Waals surface area contributed by atoms with E-state index in [2.05, 4.69) is 19.2 Å². The van der Waals surface area contributed by atoms with Gasteiger partial charge < -0.3 is 10.4 Å². The highest BCUT2D eigenvalue weighted by molar-refractivity contribution is 8.01. The summed E-state index contributed by atoms with van der Waals surface area (Å²) in [6.45, 7) is 6.60. The minimum atomic E-state index is -0.790. The third-order valence-electron chi connectivity index (χ3n) is 3.52. The van der Waals surface area contributed by atoms with Crippen LogP contribution in [0, 0.1) is 11.8 Å². The van der Waals surface area contributed by atoms with Crippen LogP contribution in [0.2, 0.25) is 0 Å². The normalized spacial score (nSPS) is 24.4. The lowest BCUT2D eigenvalue weighted by Crippen LogP contribution is -2.42. The predicted molar refractivity (Wildman–Crippen MR) is 78.3 cm³/mol. The quantitative estimate of drug-likeness (QED) is 0.755. The average molecular weight is 287 g/mol. The highest BCUT2D eigenvalue weighted by atomic mass is 32.2. The van der Waals surface area contributed by atoms with Crippen molar-refractivity contribution in [1.82, 2.24) is 5.32 Å². The molecule has 0 saturated carbocycles. The second-order valence-electron chi connectivity index (χ2n) is 5.99. The van der Waals surface area contributed by atoms with Crippen LogP contribution in [0.25, 0.3) is 0 Å². The Balaban J connectivity index is 2.46. The zero-order valence-corrected chi connectivity index (χ0v) is 12.9. The first-order chi connectivity index (χ1) is 8.83. The number of carbonyl (C=O) groups excluding carboxylic acids is 1. The van der Waals surface area contributed by atoms with E-state index in [9.17, 15) is 9.59 Å². The van der Waals surface area contributed by atoms with Gasteiger partial charge in [-0.2, -0.15) is 0 Å². The lowest BCUT2D eigenvalue weighted by Gasteiger charge is -2.24. The Labute approximate surface area is 119 Å². The molecule has 0 aromatic heterocycles. The molecule has 0 spiro atoms. The van der Waals surface area contributed by atoms with E-state index in [0.717, 1.165) is 25.0 Å². The van der Waals surface area contributed by atoms with Crippen molar-refractivity contribution in [2.45, 2.75) is 51.2 Å². The van der Waals surface area contributed by atoms with Crippen LogP contribution < -0.4 is 5.32 Å². The fourth-order valence-electron chi connectivity index (χ4n) is 2.53. The molecule has 4 nitrogen and oxygen atoms in total. The van der Waals surface area contributed by atoms with Crippen LogP contribution in [0.1, 0.15) is 46.5 Å². The summed E-state index contributed by atoms with van der Waals surface area (Å²) in [5, 5.41) is 11.9. The maximum atomic E-state index is 12.2. The average Bonchev–Trinajstić information content (AvgIpc) is 2.72. The number of rotatable bonds is 7. The molecule has 1 heterocycles. The first-order valence-corrected chi connectivity index (χ1v) is 7.96. The summed E-state index contributed by atoms with van der Waals surface area (Å²) in [5.41, 5.74) is 0. The van der Waals surface area contributed by atoms with Crippen molar-refractivity contribution >= 4 is 23.6 Å². The van der Waals surface area contributed by atoms with Gasteiger partial charge in [0.1, 0.15) is 0 Å². The van der Waals surface area contributed by atoms with Crippen LogP contribution in [0.3, 0.4) is 0 Å². The molecule has 5 heteroatoms. The van der Waals surface area contributed by atoms with E-state index in [1.807, 2.05) is 6.92 Å². The molecule has 1 unspecified atom stereocenters. The van der Waals surface area contributed by atoms with E-state index < -0.39 is 5.97 Å². The van der Waals surface area contributed by atoms with E-state index in [4.69, 9.17) is 5.11 Å². The smallest absolute Gasteiger partial charge is 0.303 e. The predicted octanol–water partition coefficient (Wildman–Crippen LogP) is 2.53. The van der Waals surface area contributed by atoms with Crippen molar-refractivity contribution in [1.29, 1.82) is 0 Å². The van der Waals surface area contributed by atoms with E-state index in [-0.39, 0.29) is 23.0 Å². The number of carboxylic acids is 1. The minimum Gasteiger partial charge on any atom is -0.481 e. The van der Waals surface area contributed by atoms with E-state index in [1.165, 1.54) is 0 Å². The van der Waals surface area contributed by atoms with Gasteiger partial charge in [-0.1, -0.05) is 13.8 Å². The van der Waals surface area contributed by atoms with Crippen molar-refractivity contribution in [2.75, 3.05) is 12.3 Å². The molecule has 1 saturated heterocycles. The number of carbonyl (C=O) groups is 2. The molecule has 0 aromatic rings. The maximum absolute atomic E-state index is 12.2. The molecule has 0 radical (unpaired) electrons. The number of hydrogen-bond acceptors (Lipinski definition) is 3. The molecule has 2 atom stereocenters. The molecule has 2 N–H and O–H groups in total. The van der Waals surface area contributed by atoms with E-state index in [1.54, 1.807) is 11.8 Å². The third-order valence-corrected chi connectivity index (χ3v) is 5.04. The number of thioether (sulfide) groups is 1. The lowest BCUT2D eigenvalue weighted by atomic mass is 9.93. The van der Waals surface area contributed by atoms with Gasteiger partial charge in [0.05, 0.1) is 4.75 Å². The number of carboxylic acid groups (broad SMARTS) is 1. The summed E-state index contributed by atoms with van der Waals surface area (Å²) in [6.07, 6.45) is 2.95. The van der Waals surface area contributed by atoms with Crippen molar-refractivity contribution in [3.63, 3.8) is 0 Å². The highest BCUT2D eigenvalue weighted by Gasteiger charge is 2.37. The lowest BCUT2D eigenvalue weighted by molar-refractivity contribution is -0.138. The van der Waals surface area contributed by atoms with E-state index in [0.29, 0.717) is 12.5 Å². The van der Waals surface area contributed by atoms with E-state index >= 15 is 0 Å². The molecule has 110 valence electrons. The fraction of sp³-hybridized carbons (Fsp3) is 0.857. The molecule has 1 amide bonds. The Hall–Kier alpha value is -0.710. The van der Waals surface area contributed by atoms with Crippen LogP contribution in [0.4, 0.5) is 0 Å². The Kier molecular flexibility index (Phi) is 6.17. The first-order valence-electron chi connectivity index (χ1n) is 6.97. The van der Waals surface area contributed by atoms with Gasteiger partial charge in [-0.15, -0.1) is 11.8 Å². The van der Waals surface area contributed by atoms with Gasteiger partial charge in [0.25, 0.3) is 0 Å². The molecular formula is C14H25NO3S. The summed E-state index contributed by atoms with van der Waals surface area (Å²) < 4.78 is -0.314. The molecule has 1 fully saturated rings. The Bertz CT molecular complexity index is 325. The zero-order valence-electron chi connectivity index (χ0n) is 12.1. The molecule has 19 heavy (non-hydrogen) atoms. The molecule has 0 bridgehead atoms. The summed E-state index contributed by atoms with van der Waals surface area (Å²) in [7, 11) is 0. The van der Waals surface area contributed by atoms with Crippen molar-refractivity contribution in [3.05, 3.63) is 0 Å². The highest BCUT2D eigenvalue weighted by Crippen LogP contribution is 2.37. The minimum absolute atomic E-state index is 0.0245. The van der Waals surface area contributed by atoms with Crippen molar-refractivity contribution < 1.29 is 14.7 Å². The fourth-order valence-corrected chi connectivity index (χ4v) is 3.77. The maximum Gasteiger partial charge on any atom is 0.303 e. The second kappa shape index (κ2) is 7.17. The van der Waals surface area contributed by atoms with Crippen LogP contribution >= 0.6 is 11.8 Å². The summed E-state index contributed by atoms with van der Waals surface area (Å²) >= 11 is 1.70. The topological polar surface area (TPSA) is 66.4 Å². The van der Waals surface area contributed by atoms with Gasteiger partial charge in [-0.3, -0.25) is 9.59 Å². The Morgan fingerprint density at radius 3 is 2.58 bits per heavy atom. The van der Waals surface area contributed by atoms with Crippen LogP contribution in [-0.2, 0) is 9.59 Å². The van der Waals surface area contributed by atoms with Gasteiger partial charge >= 0.3 is 5.97 Å². The summed E-state index contributed by atoms with van der Waals surface area (Å²) in [4.78, 5) is 23.0. The van der Waals surface area contributed by atoms with Gasteiger partial charge in [0.2, 0.25) is 5.91 Å². The van der Waals surface area contributed by atoms with Gasteiger partial charge in [0.15, 0.2) is 0 Å². The molecule has 0 aromatic carbocycles. The molecule has 1 aliphatic heterocycles. The Morgan fingerprint density at radius 2 is 2.11 bits per heavy atom. The van der Waals surface area contributed by atoms with Gasteiger partial charge in [0, 0.05) is 13.0 Å². The van der Waals surface area contributed by atoms with Gasteiger partial charge in [-0.25, -0.2) is 0 Å². The molecule has 0 aliphatic carbocycles. The van der Waals surface area contributed by atoms with Crippen LogP contribution in [0.15, 0.2) is 0 Å². The second-order valence-corrected chi connectivity index (χ2v) is 7.58.